The molecule has 5 nitrogen and oxygen atoms in total. The van der Waals surface area contributed by atoms with Crippen LogP contribution in [0.25, 0.3) is 10.8 Å². The van der Waals surface area contributed by atoms with Gasteiger partial charge in [-0.1, -0.05) is 43.2 Å². The zero-order valence-corrected chi connectivity index (χ0v) is 14.0. The van der Waals surface area contributed by atoms with Crippen molar-refractivity contribution in [3.8, 4) is 18.1 Å². The van der Waals surface area contributed by atoms with Crippen LogP contribution in [-0.2, 0) is 6.42 Å². The van der Waals surface area contributed by atoms with Crippen molar-refractivity contribution in [3.63, 3.8) is 0 Å². The van der Waals surface area contributed by atoms with Crippen molar-refractivity contribution >= 4 is 29.2 Å². The highest BCUT2D eigenvalue weighted by atomic mass is 32.1. The van der Waals surface area contributed by atoms with Gasteiger partial charge in [0.15, 0.2) is 5.82 Å². The Labute approximate surface area is 145 Å². The summed E-state index contributed by atoms with van der Waals surface area (Å²) in [5.41, 5.74) is 0.855. The summed E-state index contributed by atoms with van der Waals surface area (Å²) in [4.78, 5) is 0. The number of nitrogens with one attached hydrogen (secondary N) is 1. The minimum absolute atomic E-state index is 0.199. The van der Waals surface area contributed by atoms with Crippen LogP contribution in [0.5, 0.6) is 5.75 Å². The summed E-state index contributed by atoms with van der Waals surface area (Å²) in [6.07, 6.45) is 7.77. The van der Waals surface area contributed by atoms with Crippen LogP contribution in [0.3, 0.4) is 0 Å². The Morgan fingerprint density at radius 3 is 3.00 bits per heavy atom. The second-order valence-corrected chi connectivity index (χ2v) is 5.43. The number of aromatic nitrogens is 3. The molecule has 0 aliphatic heterocycles. The van der Waals surface area contributed by atoms with Crippen molar-refractivity contribution < 1.29 is 4.74 Å². The van der Waals surface area contributed by atoms with Crippen molar-refractivity contribution in [2.24, 2.45) is 5.10 Å². The fourth-order valence-corrected chi connectivity index (χ4v) is 2.64. The second kappa shape index (κ2) is 7.11. The molecule has 120 valence electrons. The minimum Gasteiger partial charge on any atom is -0.480 e. The van der Waals surface area contributed by atoms with Crippen LogP contribution in [0.1, 0.15) is 18.3 Å². The molecule has 2 aromatic carbocycles. The molecule has 0 amide bonds. The fourth-order valence-electron chi connectivity index (χ4n) is 2.44. The Kier molecular flexibility index (Phi) is 4.73. The number of rotatable bonds is 5. The van der Waals surface area contributed by atoms with E-state index < -0.39 is 0 Å². The first-order valence-corrected chi connectivity index (χ1v) is 7.94. The van der Waals surface area contributed by atoms with Gasteiger partial charge in [0.25, 0.3) is 0 Å². The van der Waals surface area contributed by atoms with Crippen molar-refractivity contribution in [1.82, 2.24) is 14.9 Å². The lowest BCUT2D eigenvalue weighted by Gasteiger charge is -2.10. The zero-order chi connectivity index (χ0) is 16.9. The summed E-state index contributed by atoms with van der Waals surface area (Å²) in [5, 5.41) is 13.5. The van der Waals surface area contributed by atoms with E-state index in [9.17, 15) is 0 Å². The van der Waals surface area contributed by atoms with Gasteiger partial charge in [-0.15, -0.1) is 6.42 Å². The number of terminal acetylenes is 1. The standard InChI is InChI=1S/C18H16N4OS/c1-3-11-23-16-10-9-13-7-5-6-8-14(13)15(16)12-19-22-17(4-2)20-21-18(22)24/h1,5-10,12H,4,11H2,2H3,(H,21,24)/b19-12-. The number of H-pyrrole nitrogens is 1. The van der Waals surface area contributed by atoms with Gasteiger partial charge < -0.3 is 4.74 Å². The highest BCUT2D eigenvalue weighted by Crippen LogP contribution is 2.26. The lowest BCUT2D eigenvalue weighted by atomic mass is 10.0. The molecule has 24 heavy (non-hydrogen) atoms. The molecule has 3 aromatic rings. The molecule has 1 N–H and O–H groups in total. The van der Waals surface area contributed by atoms with Crippen molar-refractivity contribution in [3.05, 3.63) is 52.6 Å². The van der Waals surface area contributed by atoms with Crippen molar-refractivity contribution in [2.45, 2.75) is 13.3 Å². The molecular weight excluding hydrogens is 320 g/mol. The molecule has 0 unspecified atom stereocenters. The third-order valence-corrected chi connectivity index (χ3v) is 3.84. The molecule has 0 radical (unpaired) electrons. The maximum Gasteiger partial charge on any atom is 0.216 e. The summed E-state index contributed by atoms with van der Waals surface area (Å²) >= 11 is 5.23. The van der Waals surface area contributed by atoms with Crippen LogP contribution in [0.2, 0.25) is 0 Å². The average molecular weight is 336 g/mol. The number of hydrogen-bond acceptors (Lipinski definition) is 4. The number of aromatic amines is 1. The summed E-state index contributed by atoms with van der Waals surface area (Å²) in [5.74, 6) is 3.93. The molecule has 1 heterocycles. The van der Waals surface area contributed by atoms with Crippen molar-refractivity contribution in [1.29, 1.82) is 0 Å². The summed E-state index contributed by atoms with van der Waals surface area (Å²) in [6.45, 7) is 2.20. The monoisotopic (exact) mass is 336 g/mol. The Hall–Kier alpha value is -2.91. The molecule has 0 saturated carbocycles. The zero-order valence-electron chi connectivity index (χ0n) is 13.2. The molecule has 0 aliphatic rings. The summed E-state index contributed by atoms with van der Waals surface area (Å²) in [7, 11) is 0. The van der Waals surface area contributed by atoms with Crippen LogP contribution in [0, 0.1) is 17.1 Å². The molecule has 0 atom stereocenters. The number of hydrogen-bond donors (Lipinski definition) is 1. The largest absolute Gasteiger partial charge is 0.480 e. The molecule has 0 aliphatic carbocycles. The number of ether oxygens (including phenoxy) is 1. The Balaban J connectivity index is 2.12. The number of nitrogens with zero attached hydrogens (tertiary/aromatic N) is 3. The van der Waals surface area contributed by atoms with Crippen LogP contribution < -0.4 is 4.74 Å². The van der Waals surface area contributed by atoms with E-state index in [0.29, 0.717) is 10.5 Å². The quantitative estimate of drug-likeness (QED) is 0.440. The predicted octanol–water partition coefficient (Wildman–Crippen LogP) is 3.55. The molecule has 0 fully saturated rings. The van der Waals surface area contributed by atoms with Crippen LogP contribution in [0.15, 0.2) is 41.5 Å². The van der Waals surface area contributed by atoms with E-state index in [0.717, 1.165) is 28.6 Å². The third-order valence-electron chi connectivity index (χ3n) is 3.58. The molecule has 3 rings (SSSR count). The first kappa shape index (κ1) is 16.0. The third kappa shape index (κ3) is 3.07. The molecule has 0 spiro atoms. The highest BCUT2D eigenvalue weighted by molar-refractivity contribution is 7.71. The molecule has 6 heteroatoms. The van der Waals surface area contributed by atoms with Gasteiger partial charge in [0.1, 0.15) is 12.4 Å². The molecular formula is C18H16N4OS. The van der Waals surface area contributed by atoms with Gasteiger partial charge in [0, 0.05) is 12.0 Å². The topological polar surface area (TPSA) is 55.2 Å². The Morgan fingerprint density at radius 2 is 2.21 bits per heavy atom. The molecule has 0 bridgehead atoms. The first-order chi connectivity index (χ1) is 11.7. The summed E-state index contributed by atoms with van der Waals surface area (Å²) in [6, 6.07) is 11.9. The van der Waals surface area contributed by atoms with E-state index in [-0.39, 0.29) is 6.61 Å². The average Bonchev–Trinajstić information content (AvgIpc) is 2.98. The predicted molar refractivity (Wildman–Crippen MR) is 98.1 cm³/mol. The van der Waals surface area contributed by atoms with Gasteiger partial charge in [-0.2, -0.15) is 14.9 Å². The second-order valence-electron chi connectivity index (χ2n) is 5.05. The van der Waals surface area contributed by atoms with E-state index in [1.54, 1.807) is 10.9 Å². The van der Waals surface area contributed by atoms with Gasteiger partial charge in [-0.3, -0.25) is 5.10 Å². The molecule has 0 saturated heterocycles. The van der Waals surface area contributed by atoms with Crippen molar-refractivity contribution in [2.75, 3.05) is 6.61 Å². The van der Waals surface area contributed by atoms with E-state index in [1.165, 1.54) is 0 Å². The van der Waals surface area contributed by atoms with Gasteiger partial charge in [-0.25, -0.2) is 0 Å². The lowest BCUT2D eigenvalue weighted by molar-refractivity contribution is 0.370. The van der Waals surface area contributed by atoms with Gasteiger partial charge in [0.2, 0.25) is 4.77 Å². The van der Waals surface area contributed by atoms with E-state index in [4.69, 9.17) is 23.4 Å². The SMILES string of the molecule is C#CCOc1ccc2ccccc2c1/C=N\n1c(CC)n[nH]c1=S. The van der Waals surface area contributed by atoms with Crippen LogP contribution >= 0.6 is 12.2 Å². The lowest BCUT2D eigenvalue weighted by Crippen LogP contribution is -2.01. The Morgan fingerprint density at radius 1 is 1.38 bits per heavy atom. The highest BCUT2D eigenvalue weighted by Gasteiger charge is 2.08. The number of aryl methyl sites for hydroxylation is 1. The van der Waals surface area contributed by atoms with Gasteiger partial charge >= 0.3 is 0 Å². The minimum atomic E-state index is 0.199. The summed E-state index contributed by atoms with van der Waals surface area (Å²) < 4.78 is 7.73. The maximum absolute atomic E-state index is 5.67. The van der Waals surface area contributed by atoms with Crippen LogP contribution in [-0.4, -0.2) is 27.7 Å². The number of fused-ring (bicyclic) bond motifs is 1. The van der Waals surface area contributed by atoms with E-state index in [2.05, 4.69) is 21.2 Å². The smallest absolute Gasteiger partial charge is 0.216 e. The van der Waals surface area contributed by atoms with Gasteiger partial charge in [0.05, 0.1) is 6.21 Å². The first-order valence-electron chi connectivity index (χ1n) is 7.53. The van der Waals surface area contributed by atoms with Crippen LogP contribution in [0.4, 0.5) is 0 Å². The number of benzene rings is 2. The van der Waals surface area contributed by atoms with E-state index in [1.807, 2.05) is 43.3 Å². The maximum atomic E-state index is 5.67. The molecule has 1 aromatic heterocycles. The Bertz CT molecular complexity index is 994. The fraction of sp³-hybridized carbons (Fsp3) is 0.167. The van der Waals surface area contributed by atoms with Gasteiger partial charge in [-0.05, 0) is 29.1 Å². The normalized spacial score (nSPS) is 11.0. The van der Waals surface area contributed by atoms with E-state index >= 15 is 0 Å².